The number of amides is 1. The van der Waals surface area contributed by atoms with Crippen LogP contribution in [-0.4, -0.2) is 15.9 Å². The van der Waals surface area contributed by atoms with Crippen molar-refractivity contribution < 1.29 is 4.79 Å². The Morgan fingerprint density at radius 3 is 2.88 bits per heavy atom. The minimum atomic E-state index is -0.522. The summed E-state index contributed by atoms with van der Waals surface area (Å²) in [5, 5.41) is 0.978. The molecule has 0 unspecified atom stereocenters. The van der Waals surface area contributed by atoms with Crippen LogP contribution in [0.25, 0.3) is 10.9 Å². The van der Waals surface area contributed by atoms with Crippen LogP contribution < -0.4 is 5.73 Å². The van der Waals surface area contributed by atoms with E-state index >= 15 is 0 Å². The third-order valence-corrected chi connectivity index (χ3v) is 3.20. The van der Waals surface area contributed by atoms with E-state index in [-0.39, 0.29) is 5.91 Å². The largest absolute Gasteiger partial charge is 0.369 e. The van der Waals surface area contributed by atoms with Gasteiger partial charge in [0.05, 0.1) is 16.6 Å². The molecular formula is C12H11N3O. The number of nitrogens with zero attached hydrogens (tertiary/aromatic N) is 2. The first kappa shape index (κ1) is 9.27. The lowest BCUT2D eigenvalue weighted by Gasteiger charge is -2.10. The van der Waals surface area contributed by atoms with Crippen LogP contribution in [-0.2, 0) is 10.2 Å². The van der Waals surface area contributed by atoms with Crippen LogP contribution in [0.5, 0.6) is 0 Å². The zero-order chi connectivity index (χ0) is 11.2. The number of pyridine rings is 2. The van der Waals surface area contributed by atoms with Crippen molar-refractivity contribution in [3.63, 3.8) is 0 Å². The molecule has 0 saturated heterocycles. The Balaban J connectivity index is 2.16. The predicted octanol–water partition coefficient (Wildman–Crippen LogP) is 1.15. The van der Waals surface area contributed by atoms with Crippen LogP contribution in [0.3, 0.4) is 0 Å². The second-order valence-electron chi connectivity index (χ2n) is 4.21. The topological polar surface area (TPSA) is 68.9 Å². The third kappa shape index (κ3) is 1.19. The van der Waals surface area contributed by atoms with E-state index in [4.69, 9.17) is 5.73 Å². The van der Waals surface area contributed by atoms with Crippen molar-refractivity contribution in [1.82, 2.24) is 9.97 Å². The molecule has 4 nitrogen and oxygen atoms in total. The van der Waals surface area contributed by atoms with Gasteiger partial charge in [0.15, 0.2) is 0 Å². The van der Waals surface area contributed by atoms with Crippen molar-refractivity contribution in [3.8, 4) is 0 Å². The summed E-state index contributed by atoms with van der Waals surface area (Å²) < 4.78 is 0. The van der Waals surface area contributed by atoms with Gasteiger partial charge in [0.1, 0.15) is 0 Å². The SMILES string of the molecule is NC(=O)C1(c2cc3ncccc3cn2)CC1. The lowest BCUT2D eigenvalue weighted by atomic mass is 10.0. The van der Waals surface area contributed by atoms with Gasteiger partial charge in [-0.15, -0.1) is 0 Å². The molecular weight excluding hydrogens is 202 g/mol. The molecule has 0 aromatic carbocycles. The lowest BCUT2D eigenvalue weighted by molar-refractivity contribution is -0.120. The number of hydrogen-bond donors (Lipinski definition) is 1. The highest BCUT2D eigenvalue weighted by Gasteiger charge is 2.51. The summed E-state index contributed by atoms with van der Waals surface area (Å²) in [6, 6.07) is 5.68. The molecule has 0 spiro atoms. The van der Waals surface area contributed by atoms with Gasteiger partial charge < -0.3 is 5.73 Å². The number of hydrogen-bond acceptors (Lipinski definition) is 3. The van der Waals surface area contributed by atoms with Crippen LogP contribution in [0.15, 0.2) is 30.6 Å². The highest BCUT2D eigenvalue weighted by Crippen LogP contribution is 2.47. The number of nitrogens with two attached hydrogens (primary N) is 1. The van der Waals surface area contributed by atoms with Gasteiger partial charge in [-0.2, -0.15) is 0 Å². The van der Waals surface area contributed by atoms with Gasteiger partial charge >= 0.3 is 0 Å². The number of aromatic nitrogens is 2. The quantitative estimate of drug-likeness (QED) is 0.813. The average Bonchev–Trinajstić information content (AvgIpc) is 3.09. The molecule has 0 aliphatic heterocycles. The summed E-state index contributed by atoms with van der Waals surface area (Å²) in [5.41, 5.74) is 6.50. The molecule has 16 heavy (non-hydrogen) atoms. The zero-order valence-corrected chi connectivity index (χ0v) is 8.68. The first-order chi connectivity index (χ1) is 7.72. The van der Waals surface area contributed by atoms with E-state index in [1.165, 1.54) is 0 Å². The summed E-state index contributed by atoms with van der Waals surface area (Å²) in [6.07, 6.45) is 5.08. The van der Waals surface area contributed by atoms with Gasteiger partial charge in [0.2, 0.25) is 5.91 Å². The standard InChI is InChI=1S/C12H11N3O/c13-11(16)12(3-4-12)10-6-9-8(7-15-10)2-1-5-14-9/h1-2,5-7H,3-4H2,(H2,13,16). The number of fused-ring (bicyclic) bond motifs is 1. The van der Waals surface area contributed by atoms with Crippen LogP contribution in [0.1, 0.15) is 18.5 Å². The Bertz CT molecular complexity index is 575. The maximum Gasteiger partial charge on any atom is 0.229 e. The van der Waals surface area contributed by atoms with Crippen LogP contribution in [0.2, 0.25) is 0 Å². The molecule has 2 aromatic rings. The van der Waals surface area contributed by atoms with Gasteiger partial charge in [-0.25, -0.2) is 0 Å². The second-order valence-corrected chi connectivity index (χ2v) is 4.21. The monoisotopic (exact) mass is 213 g/mol. The molecule has 80 valence electrons. The molecule has 0 bridgehead atoms. The zero-order valence-electron chi connectivity index (χ0n) is 8.68. The van der Waals surface area contributed by atoms with E-state index in [0.717, 1.165) is 29.4 Å². The van der Waals surface area contributed by atoms with Crippen molar-refractivity contribution in [1.29, 1.82) is 0 Å². The Hall–Kier alpha value is -1.97. The summed E-state index contributed by atoms with van der Waals surface area (Å²) in [6.45, 7) is 0. The summed E-state index contributed by atoms with van der Waals surface area (Å²) in [4.78, 5) is 20.0. The normalized spacial score (nSPS) is 17.2. The second kappa shape index (κ2) is 3.01. The van der Waals surface area contributed by atoms with E-state index < -0.39 is 5.41 Å². The fourth-order valence-corrected chi connectivity index (χ4v) is 1.98. The number of carbonyl (C=O) groups is 1. The van der Waals surface area contributed by atoms with Gasteiger partial charge in [-0.1, -0.05) is 0 Å². The Kier molecular flexibility index (Phi) is 1.74. The highest BCUT2D eigenvalue weighted by atomic mass is 16.1. The minimum absolute atomic E-state index is 0.282. The molecule has 0 radical (unpaired) electrons. The first-order valence-electron chi connectivity index (χ1n) is 5.23. The molecule has 1 saturated carbocycles. The molecule has 4 heteroatoms. The maximum atomic E-state index is 11.4. The first-order valence-corrected chi connectivity index (χ1v) is 5.23. The molecule has 2 aromatic heterocycles. The van der Waals surface area contributed by atoms with Gasteiger partial charge in [0.25, 0.3) is 0 Å². The fourth-order valence-electron chi connectivity index (χ4n) is 1.98. The van der Waals surface area contributed by atoms with Crippen LogP contribution in [0, 0.1) is 0 Å². The van der Waals surface area contributed by atoms with Crippen molar-refractivity contribution >= 4 is 16.8 Å². The van der Waals surface area contributed by atoms with E-state index in [0.29, 0.717) is 0 Å². The Morgan fingerprint density at radius 1 is 1.38 bits per heavy atom. The van der Waals surface area contributed by atoms with Gasteiger partial charge in [-0.05, 0) is 31.0 Å². The molecule has 1 aliphatic rings. The molecule has 1 amide bonds. The third-order valence-electron chi connectivity index (χ3n) is 3.20. The Morgan fingerprint density at radius 2 is 2.19 bits per heavy atom. The molecule has 2 heterocycles. The maximum absolute atomic E-state index is 11.4. The number of primary amides is 1. The molecule has 1 fully saturated rings. The molecule has 0 atom stereocenters. The summed E-state index contributed by atoms with van der Waals surface area (Å²) in [7, 11) is 0. The predicted molar refractivity (Wildman–Crippen MR) is 59.6 cm³/mol. The van der Waals surface area contributed by atoms with Crippen LogP contribution in [0.4, 0.5) is 0 Å². The Labute approximate surface area is 92.5 Å². The van der Waals surface area contributed by atoms with E-state index in [1.54, 1.807) is 12.4 Å². The number of carbonyl (C=O) groups excluding carboxylic acids is 1. The van der Waals surface area contributed by atoms with Crippen molar-refractivity contribution in [2.45, 2.75) is 18.3 Å². The van der Waals surface area contributed by atoms with E-state index in [1.807, 2.05) is 18.2 Å². The average molecular weight is 213 g/mol. The van der Waals surface area contributed by atoms with E-state index in [9.17, 15) is 4.79 Å². The van der Waals surface area contributed by atoms with Crippen molar-refractivity contribution in [3.05, 3.63) is 36.3 Å². The fraction of sp³-hybridized carbons (Fsp3) is 0.250. The number of rotatable bonds is 2. The minimum Gasteiger partial charge on any atom is -0.369 e. The summed E-state index contributed by atoms with van der Waals surface area (Å²) in [5.74, 6) is -0.282. The smallest absolute Gasteiger partial charge is 0.229 e. The molecule has 1 aliphatic carbocycles. The van der Waals surface area contributed by atoms with Crippen LogP contribution >= 0.6 is 0 Å². The summed E-state index contributed by atoms with van der Waals surface area (Å²) >= 11 is 0. The highest BCUT2D eigenvalue weighted by molar-refractivity contribution is 5.90. The molecule has 3 rings (SSSR count). The van der Waals surface area contributed by atoms with Gasteiger partial charge in [-0.3, -0.25) is 14.8 Å². The van der Waals surface area contributed by atoms with E-state index in [2.05, 4.69) is 9.97 Å². The van der Waals surface area contributed by atoms with Crippen molar-refractivity contribution in [2.75, 3.05) is 0 Å². The molecule has 2 N–H and O–H groups in total. The van der Waals surface area contributed by atoms with Gasteiger partial charge in [0, 0.05) is 17.8 Å². The van der Waals surface area contributed by atoms with Crippen molar-refractivity contribution in [2.24, 2.45) is 5.73 Å². The lowest BCUT2D eigenvalue weighted by Crippen LogP contribution is -2.29.